The molecule has 0 amide bonds. The Morgan fingerprint density at radius 3 is 1.21 bits per heavy atom. The maximum absolute atomic E-state index is 12.5. The minimum absolute atomic E-state index is 0.0261. The van der Waals surface area contributed by atoms with E-state index in [4.69, 9.17) is 62.4 Å². The molecule has 28 nitrogen and oxygen atoms in total. The fourth-order valence-corrected chi connectivity index (χ4v) is 12.3. The Balaban J connectivity index is 0.000000279. The summed E-state index contributed by atoms with van der Waals surface area (Å²) in [5, 5.41) is 27.4. The Morgan fingerprint density at radius 2 is 0.893 bits per heavy atom. The van der Waals surface area contributed by atoms with Gasteiger partial charge >= 0.3 is 11.4 Å². The molecule has 0 atom stereocenters. The van der Waals surface area contributed by atoms with E-state index in [0.29, 0.717) is 95.2 Å². The lowest BCUT2D eigenvalue weighted by Crippen LogP contribution is -2.40. The lowest BCUT2D eigenvalue weighted by molar-refractivity contribution is -0.385. The Kier molecular flexibility index (Phi) is 30.4. The van der Waals surface area contributed by atoms with Crippen molar-refractivity contribution in [2.75, 3.05) is 151 Å². The molecule has 84 heavy (non-hydrogen) atoms. The molecule has 464 valence electrons. The van der Waals surface area contributed by atoms with Crippen LogP contribution in [0.2, 0.25) is 0 Å². The number of terminal acetylenes is 2. The van der Waals surface area contributed by atoms with Crippen LogP contribution in [0.15, 0.2) is 92.4 Å². The van der Waals surface area contributed by atoms with Gasteiger partial charge in [0, 0.05) is 106 Å². The molecule has 0 unspecified atom stereocenters. The molecule has 0 aliphatic carbocycles. The van der Waals surface area contributed by atoms with E-state index in [2.05, 4.69) is 27.2 Å². The number of sulfonamides is 3. The fraction of sp³-hybridized carbons (Fsp3) is 0.451. The summed E-state index contributed by atoms with van der Waals surface area (Å²) in [7, 11) is -4.15. The SMILES string of the molecule is C#CCC.C#CCNc1ccc(S(=O)(=O)N2CCOCC2)cc1OC.C1COCCN1.COc1cc(S(=O)(=O)Cl)ccc1[N+](=O)[O-].COc1cc(S(=O)(=O)N2CCOCC2)ccc1N.COc1cc(S(=O)(=O)N2CCOCC2)ccc1[N+](=O)[O-]. The van der Waals surface area contributed by atoms with Gasteiger partial charge in [-0.05, 0) is 36.4 Å². The standard InChI is InChI=1S/C14H18N2O4S.C11H14N2O6S.C11H16N2O4S.C7H6ClNO5S.C4H9NO.C4H6/c1-3-6-15-13-5-4-12(11-14(13)19-2)21(17,18)16-7-9-20-10-8-16;1-18-11-8-9(2-3-10(11)13(14)15)20(16,17)12-4-6-19-7-5-12;1-16-11-8-9(2-3-10(11)12)18(14,15)13-4-6-17-7-5-13;1-14-7-4-5(15(8,12)13)2-3-6(7)9(10)11;1-3-6-4-2-5-1;1-3-4-2/h1,4-5,11,15H,6-10H2,2H3;2-3,8H,4-7H2,1H3;2-3,8H,4-7,12H2,1H3;2-4H,1H3;5H,1-4H2;1H,4H2,2H3. The first-order valence-corrected chi connectivity index (χ1v) is 31.9. The predicted octanol–water partition coefficient (Wildman–Crippen LogP) is 3.85. The van der Waals surface area contributed by atoms with Crippen molar-refractivity contribution in [1.82, 2.24) is 18.2 Å². The number of nitrogens with zero attached hydrogens (tertiary/aromatic N) is 5. The molecule has 4 fully saturated rings. The van der Waals surface area contributed by atoms with Crippen LogP contribution in [0.1, 0.15) is 13.3 Å². The second kappa shape index (κ2) is 35.6. The van der Waals surface area contributed by atoms with E-state index in [-0.39, 0.29) is 55.5 Å². The average Bonchev–Trinajstić information content (AvgIpc) is 3.66. The van der Waals surface area contributed by atoms with Gasteiger partial charge in [-0.25, -0.2) is 33.7 Å². The third-order valence-electron chi connectivity index (χ3n) is 11.6. The normalized spacial score (nSPS) is 15.8. The van der Waals surface area contributed by atoms with Gasteiger partial charge in [-0.15, -0.1) is 18.8 Å². The first-order valence-electron chi connectivity index (χ1n) is 25.2. The zero-order chi connectivity index (χ0) is 62.5. The Labute approximate surface area is 494 Å². The molecule has 4 aromatic rings. The number of methoxy groups -OCH3 is 4. The van der Waals surface area contributed by atoms with Crippen molar-refractivity contribution in [2.24, 2.45) is 0 Å². The monoisotopic (exact) mass is 1280 g/mol. The summed E-state index contributed by atoms with van der Waals surface area (Å²) in [6.45, 7) is 10.5. The fourth-order valence-electron chi connectivity index (χ4n) is 7.23. The number of nitrogens with one attached hydrogen (secondary N) is 2. The van der Waals surface area contributed by atoms with E-state index < -0.39 is 49.0 Å². The number of nitrogen functional groups attached to an aromatic ring is 1. The first-order chi connectivity index (χ1) is 39.9. The van der Waals surface area contributed by atoms with Crippen molar-refractivity contribution < 1.29 is 81.4 Å². The van der Waals surface area contributed by atoms with Crippen LogP contribution in [0.4, 0.5) is 22.7 Å². The zero-order valence-corrected chi connectivity index (χ0v) is 50.8. The molecule has 4 aliphatic rings. The first kappa shape index (κ1) is 71.6. The Hall–Kier alpha value is -6.63. The number of morpholine rings is 4. The van der Waals surface area contributed by atoms with Crippen molar-refractivity contribution in [1.29, 1.82) is 0 Å². The highest BCUT2D eigenvalue weighted by molar-refractivity contribution is 8.13. The molecule has 0 bridgehead atoms. The van der Waals surface area contributed by atoms with Crippen molar-refractivity contribution in [3.8, 4) is 47.7 Å². The summed E-state index contributed by atoms with van der Waals surface area (Å²) in [5.74, 6) is 5.47. The highest BCUT2D eigenvalue weighted by Gasteiger charge is 2.30. The lowest BCUT2D eigenvalue weighted by Gasteiger charge is -2.26. The van der Waals surface area contributed by atoms with Crippen LogP contribution in [0, 0.1) is 44.9 Å². The van der Waals surface area contributed by atoms with E-state index in [1.165, 1.54) is 77.8 Å². The molecule has 0 spiro atoms. The van der Waals surface area contributed by atoms with Gasteiger partial charge in [0.15, 0.2) is 11.5 Å². The number of hydrogen-bond donors (Lipinski definition) is 3. The van der Waals surface area contributed by atoms with Gasteiger partial charge in [-0.2, -0.15) is 12.9 Å². The topological polar surface area (TPSA) is 356 Å². The number of nitrogens with two attached hydrogens (primary N) is 1. The van der Waals surface area contributed by atoms with Gasteiger partial charge in [0.05, 0.1) is 129 Å². The van der Waals surface area contributed by atoms with Crippen LogP contribution < -0.4 is 35.3 Å². The molecule has 8 rings (SSSR count). The van der Waals surface area contributed by atoms with Crippen LogP contribution >= 0.6 is 10.7 Å². The van der Waals surface area contributed by atoms with E-state index in [0.717, 1.165) is 57.0 Å². The molecule has 0 saturated carbocycles. The summed E-state index contributed by atoms with van der Waals surface area (Å²) in [6.07, 6.45) is 10.8. The molecule has 0 aromatic heterocycles. The number of hydrogen-bond acceptors (Lipinski definition) is 23. The maximum atomic E-state index is 12.5. The maximum Gasteiger partial charge on any atom is 0.310 e. The summed E-state index contributed by atoms with van der Waals surface area (Å²) >= 11 is 0. The largest absolute Gasteiger partial charge is 0.495 e. The van der Waals surface area contributed by atoms with Gasteiger partial charge in [-0.1, -0.05) is 12.8 Å². The minimum atomic E-state index is -3.91. The second-order valence-electron chi connectivity index (χ2n) is 16.9. The molecular formula is C51H69ClN8O20S4. The van der Waals surface area contributed by atoms with Gasteiger partial charge in [-0.3, -0.25) is 20.2 Å². The number of rotatable bonds is 15. The molecule has 4 aliphatic heterocycles. The summed E-state index contributed by atoms with van der Waals surface area (Å²) in [5.41, 5.74) is 6.16. The zero-order valence-electron chi connectivity index (χ0n) is 46.8. The molecule has 4 aromatic carbocycles. The minimum Gasteiger partial charge on any atom is -0.495 e. The molecule has 0 radical (unpaired) electrons. The van der Waals surface area contributed by atoms with Crippen molar-refractivity contribution in [2.45, 2.75) is 32.9 Å². The van der Waals surface area contributed by atoms with E-state index in [1.807, 2.05) is 6.92 Å². The van der Waals surface area contributed by atoms with Crippen LogP contribution in [0.5, 0.6) is 23.0 Å². The number of ether oxygens (including phenoxy) is 8. The number of anilines is 2. The van der Waals surface area contributed by atoms with E-state index in [9.17, 15) is 53.9 Å². The van der Waals surface area contributed by atoms with Gasteiger partial charge in [0.1, 0.15) is 11.5 Å². The van der Waals surface area contributed by atoms with Gasteiger partial charge in [0.2, 0.25) is 30.1 Å². The van der Waals surface area contributed by atoms with Gasteiger partial charge in [0.25, 0.3) is 9.05 Å². The predicted molar refractivity (Wildman–Crippen MR) is 312 cm³/mol. The van der Waals surface area contributed by atoms with Crippen LogP contribution in [-0.2, 0) is 58.1 Å². The molecule has 4 heterocycles. The second-order valence-corrected chi connectivity index (χ2v) is 25.3. The Morgan fingerprint density at radius 1 is 0.560 bits per heavy atom. The summed E-state index contributed by atoms with van der Waals surface area (Å²) in [4.78, 5) is 20.1. The van der Waals surface area contributed by atoms with E-state index >= 15 is 0 Å². The average molecular weight is 1280 g/mol. The smallest absolute Gasteiger partial charge is 0.310 e. The third-order valence-corrected chi connectivity index (χ3v) is 18.6. The lowest BCUT2D eigenvalue weighted by atomic mass is 10.3. The van der Waals surface area contributed by atoms with Crippen LogP contribution in [0.25, 0.3) is 0 Å². The number of benzene rings is 4. The number of halogens is 1. The van der Waals surface area contributed by atoms with Gasteiger partial charge < -0.3 is 54.3 Å². The van der Waals surface area contributed by atoms with Crippen LogP contribution in [0.3, 0.4) is 0 Å². The molecular weight excluding hydrogens is 1210 g/mol. The quantitative estimate of drug-likeness (QED) is 0.0500. The van der Waals surface area contributed by atoms with Crippen molar-refractivity contribution in [3.63, 3.8) is 0 Å². The Bertz CT molecular complexity index is 3320. The highest BCUT2D eigenvalue weighted by atomic mass is 35.7. The molecule has 4 N–H and O–H groups in total. The summed E-state index contributed by atoms with van der Waals surface area (Å²) in [6, 6.07) is 15.8. The van der Waals surface area contributed by atoms with Crippen LogP contribution in [-0.4, -0.2) is 197 Å². The number of nitro benzene ring substituents is 2. The third kappa shape index (κ3) is 21.8. The highest BCUT2D eigenvalue weighted by Crippen LogP contribution is 2.33. The molecule has 33 heteroatoms. The summed E-state index contributed by atoms with van der Waals surface area (Å²) < 4.78 is 141. The molecule has 4 saturated heterocycles. The number of nitro groups is 2. The van der Waals surface area contributed by atoms with Crippen molar-refractivity contribution in [3.05, 3.63) is 93.0 Å². The van der Waals surface area contributed by atoms with Crippen molar-refractivity contribution >= 4 is 72.6 Å². The van der Waals surface area contributed by atoms with E-state index in [1.54, 1.807) is 12.1 Å².